The van der Waals surface area contributed by atoms with E-state index < -0.39 is 0 Å². The summed E-state index contributed by atoms with van der Waals surface area (Å²) in [4.78, 5) is 0.352. The lowest BCUT2D eigenvalue weighted by atomic mass is 10.2. The molecule has 3 nitrogen and oxygen atoms in total. The van der Waals surface area contributed by atoms with E-state index in [2.05, 4.69) is 15.9 Å². The summed E-state index contributed by atoms with van der Waals surface area (Å²) in [6.07, 6.45) is 0. The van der Waals surface area contributed by atoms with Crippen molar-refractivity contribution in [3.8, 4) is 11.5 Å². The zero-order chi connectivity index (χ0) is 14.5. The second kappa shape index (κ2) is 6.83. The molecule has 2 aromatic rings. The molecule has 0 atom stereocenters. The van der Waals surface area contributed by atoms with Crippen molar-refractivity contribution < 1.29 is 9.47 Å². The molecule has 0 spiro atoms. The van der Waals surface area contributed by atoms with Crippen LogP contribution in [0.1, 0.15) is 11.1 Å². The lowest BCUT2D eigenvalue weighted by molar-refractivity contribution is 0.184. The second-order valence-corrected chi connectivity index (χ2v) is 5.48. The van der Waals surface area contributed by atoms with Gasteiger partial charge in [-0.3, -0.25) is 0 Å². The first kappa shape index (κ1) is 15.0. The maximum absolute atomic E-state index is 5.81. The highest BCUT2D eigenvalue weighted by Gasteiger charge is 2.06. The van der Waals surface area contributed by atoms with Gasteiger partial charge in [0.2, 0.25) is 0 Å². The van der Waals surface area contributed by atoms with Gasteiger partial charge < -0.3 is 15.2 Å². The number of methoxy groups -OCH3 is 1. The summed E-state index contributed by atoms with van der Waals surface area (Å²) in [5.74, 6) is 1.47. The number of nitrogens with two attached hydrogens (primary N) is 1. The Bertz CT molecular complexity index is 631. The van der Waals surface area contributed by atoms with E-state index >= 15 is 0 Å². The van der Waals surface area contributed by atoms with Crippen LogP contribution >= 0.6 is 28.1 Å². The summed E-state index contributed by atoms with van der Waals surface area (Å²) in [6.45, 7) is 0.557. The van der Waals surface area contributed by atoms with Crippen molar-refractivity contribution in [1.82, 2.24) is 0 Å². The Hall–Kier alpha value is -1.43. The Kier molecular flexibility index (Phi) is 5.11. The number of hydrogen-bond acceptors (Lipinski definition) is 3. The van der Waals surface area contributed by atoms with Gasteiger partial charge in [0, 0.05) is 17.1 Å². The van der Waals surface area contributed by atoms with E-state index in [-0.39, 0.29) is 0 Å². The standard InChI is InChI=1S/C15H14BrNO2S/c1-18-9-10-3-2-4-11(7-10)19-12-5-6-13(15(17)20)14(16)8-12/h2-8H,9H2,1H3,(H2,17,20). The van der Waals surface area contributed by atoms with Crippen LogP contribution in [0, 0.1) is 0 Å². The third-order valence-corrected chi connectivity index (χ3v) is 3.53. The fraction of sp³-hybridized carbons (Fsp3) is 0.133. The first-order valence-electron chi connectivity index (χ1n) is 5.95. The van der Waals surface area contributed by atoms with Gasteiger partial charge in [-0.1, -0.05) is 24.4 Å². The minimum atomic E-state index is 0.352. The summed E-state index contributed by atoms with van der Waals surface area (Å²) in [5, 5.41) is 0. The molecule has 0 aliphatic rings. The van der Waals surface area contributed by atoms with E-state index in [0.29, 0.717) is 17.3 Å². The Morgan fingerprint density at radius 2 is 1.95 bits per heavy atom. The largest absolute Gasteiger partial charge is 0.457 e. The van der Waals surface area contributed by atoms with Gasteiger partial charge >= 0.3 is 0 Å². The summed E-state index contributed by atoms with van der Waals surface area (Å²) in [7, 11) is 1.67. The van der Waals surface area contributed by atoms with E-state index in [4.69, 9.17) is 27.4 Å². The third-order valence-electron chi connectivity index (χ3n) is 2.65. The average Bonchev–Trinajstić information content (AvgIpc) is 2.39. The van der Waals surface area contributed by atoms with E-state index in [1.54, 1.807) is 7.11 Å². The highest BCUT2D eigenvalue weighted by Crippen LogP contribution is 2.27. The monoisotopic (exact) mass is 351 g/mol. The Labute approximate surface area is 131 Å². The Balaban J connectivity index is 2.19. The van der Waals surface area contributed by atoms with Crippen molar-refractivity contribution in [1.29, 1.82) is 0 Å². The third kappa shape index (κ3) is 3.79. The first-order valence-corrected chi connectivity index (χ1v) is 7.15. The normalized spacial score (nSPS) is 10.3. The van der Waals surface area contributed by atoms with Crippen LogP contribution in [0.3, 0.4) is 0 Å². The van der Waals surface area contributed by atoms with Crippen molar-refractivity contribution in [3.05, 3.63) is 58.1 Å². The SMILES string of the molecule is COCc1cccc(Oc2ccc(C(N)=S)c(Br)c2)c1. The van der Waals surface area contributed by atoms with Crippen LogP contribution in [0.4, 0.5) is 0 Å². The smallest absolute Gasteiger partial charge is 0.128 e. The van der Waals surface area contributed by atoms with Gasteiger partial charge in [-0.05, 0) is 51.8 Å². The van der Waals surface area contributed by atoms with Gasteiger partial charge in [-0.15, -0.1) is 0 Å². The van der Waals surface area contributed by atoms with Crippen LogP contribution in [0.15, 0.2) is 46.9 Å². The van der Waals surface area contributed by atoms with Gasteiger partial charge in [0.1, 0.15) is 16.5 Å². The maximum atomic E-state index is 5.81. The molecule has 20 heavy (non-hydrogen) atoms. The molecule has 0 saturated carbocycles. The van der Waals surface area contributed by atoms with Crippen molar-refractivity contribution in [3.63, 3.8) is 0 Å². The Morgan fingerprint density at radius 1 is 1.20 bits per heavy atom. The van der Waals surface area contributed by atoms with Crippen LogP contribution < -0.4 is 10.5 Å². The predicted octanol–water partition coefficient (Wildman–Crippen LogP) is 4.02. The Morgan fingerprint density at radius 3 is 2.60 bits per heavy atom. The van der Waals surface area contributed by atoms with Gasteiger partial charge in [0.15, 0.2) is 0 Å². The lowest BCUT2D eigenvalue weighted by Crippen LogP contribution is -2.09. The van der Waals surface area contributed by atoms with Crippen molar-refractivity contribution in [2.45, 2.75) is 6.61 Å². The lowest BCUT2D eigenvalue weighted by Gasteiger charge is -2.09. The second-order valence-electron chi connectivity index (χ2n) is 4.19. The zero-order valence-corrected chi connectivity index (χ0v) is 13.3. The summed E-state index contributed by atoms with van der Waals surface area (Å²) < 4.78 is 11.7. The molecule has 0 aliphatic heterocycles. The van der Waals surface area contributed by atoms with Crippen LogP contribution in [-0.4, -0.2) is 12.1 Å². The van der Waals surface area contributed by atoms with E-state index in [1.807, 2.05) is 42.5 Å². The molecular formula is C15H14BrNO2S. The molecule has 0 aromatic heterocycles. The molecule has 2 N–H and O–H groups in total. The molecule has 5 heteroatoms. The molecule has 0 bridgehead atoms. The number of thiocarbonyl (C=S) groups is 1. The molecule has 0 amide bonds. The van der Waals surface area contributed by atoms with E-state index in [0.717, 1.165) is 21.3 Å². The molecule has 2 aromatic carbocycles. The van der Waals surface area contributed by atoms with Gasteiger partial charge in [-0.2, -0.15) is 0 Å². The molecular weight excluding hydrogens is 338 g/mol. The maximum Gasteiger partial charge on any atom is 0.128 e. The van der Waals surface area contributed by atoms with Gasteiger partial charge in [-0.25, -0.2) is 0 Å². The predicted molar refractivity (Wildman–Crippen MR) is 87.3 cm³/mol. The van der Waals surface area contributed by atoms with Crippen molar-refractivity contribution in [2.24, 2.45) is 5.73 Å². The molecule has 104 valence electrons. The minimum Gasteiger partial charge on any atom is -0.457 e. The van der Waals surface area contributed by atoms with Crippen LogP contribution in [0.5, 0.6) is 11.5 Å². The van der Waals surface area contributed by atoms with Crippen LogP contribution in [0.25, 0.3) is 0 Å². The quantitative estimate of drug-likeness (QED) is 0.826. The molecule has 0 aliphatic carbocycles. The fourth-order valence-corrected chi connectivity index (χ4v) is 2.64. The van der Waals surface area contributed by atoms with Gasteiger partial charge in [0.25, 0.3) is 0 Å². The van der Waals surface area contributed by atoms with E-state index in [9.17, 15) is 0 Å². The number of halogens is 1. The molecule has 0 heterocycles. The van der Waals surface area contributed by atoms with Gasteiger partial charge in [0.05, 0.1) is 6.61 Å². The highest BCUT2D eigenvalue weighted by molar-refractivity contribution is 9.10. The van der Waals surface area contributed by atoms with Crippen molar-refractivity contribution in [2.75, 3.05) is 7.11 Å². The summed E-state index contributed by atoms with van der Waals surface area (Å²) in [6, 6.07) is 13.3. The number of rotatable bonds is 5. The molecule has 0 fully saturated rings. The first-order chi connectivity index (χ1) is 9.60. The number of ether oxygens (including phenoxy) is 2. The zero-order valence-electron chi connectivity index (χ0n) is 10.9. The molecule has 2 rings (SSSR count). The topological polar surface area (TPSA) is 44.5 Å². The minimum absolute atomic E-state index is 0.352. The summed E-state index contributed by atoms with van der Waals surface area (Å²) in [5.41, 5.74) is 7.47. The average molecular weight is 352 g/mol. The number of benzene rings is 2. The molecule has 0 saturated heterocycles. The number of hydrogen-bond donors (Lipinski definition) is 1. The summed E-state index contributed by atoms with van der Waals surface area (Å²) >= 11 is 8.39. The highest BCUT2D eigenvalue weighted by atomic mass is 79.9. The molecule has 0 unspecified atom stereocenters. The fourth-order valence-electron chi connectivity index (χ4n) is 1.76. The van der Waals surface area contributed by atoms with Crippen LogP contribution in [-0.2, 0) is 11.3 Å². The van der Waals surface area contributed by atoms with Crippen molar-refractivity contribution >= 4 is 33.1 Å². The van der Waals surface area contributed by atoms with E-state index in [1.165, 1.54) is 0 Å². The molecule has 0 radical (unpaired) electrons. The van der Waals surface area contributed by atoms with Crippen LogP contribution in [0.2, 0.25) is 0 Å².